The highest BCUT2D eigenvalue weighted by Gasteiger charge is 2.25. The standard InChI is InChI=1S/C24H29N5O4/c1-31-18-10-8-17(9-11-18)25-24(30)29(20-13-12-19(32-2)15-21(20)33-3)16-23-27-26-22-7-5-4-6-14-28(22)23/h8-13,15H,4-7,14,16H2,1-3H3,(H,25,30). The number of nitrogens with zero attached hydrogens (tertiary/aromatic N) is 4. The second kappa shape index (κ2) is 10.2. The summed E-state index contributed by atoms with van der Waals surface area (Å²) in [4.78, 5) is 15.1. The maximum Gasteiger partial charge on any atom is 0.326 e. The van der Waals surface area contributed by atoms with E-state index in [-0.39, 0.29) is 12.6 Å². The van der Waals surface area contributed by atoms with Crippen LogP contribution in [0.5, 0.6) is 17.2 Å². The van der Waals surface area contributed by atoms with Crippen LogP contribution >= 0.6 is 0 Å². The third-order valence-electron chi connectivity index (χ3n) is 5.75. The Bertz CT molecular complexity index is 1100. The summed E-state index contributed by atoms with van der Waals surface area (Å²) < 4.78 is 18.3. The third-order valence-corrected chi connectivity index (χ3v) is 5.75. The van der Waals surface area contributed by atoms with E-state index < -0.39 is 0 Å². The molecule has 33 heavy (non-hydrogen) atoms. The minimum atomic E-state index is -0.311. The highest BCUT2D eigenvalue weighted by molar-refractivity contribution is 6.02. The summed E-state index contributed by atoms with van der Waals surface area (Å²) in [5, 5.41) is 11.8. The van der Waals surface area contributed by atoms with Crippen molar-refractivity contribution in [2.24, 2.45) is 0 Å². The van der Waals surface area contributed by atoms with E-state index in [9.17, 15) is 4.79 Å². The van der Waals surface area contributed by atoms with Crippen molar-refractivity contribution in [3.63, 3.8) is 0 Å². The van der Waals surface area contributed by atoms with Crippen LogP contribution in [0.3, 0.4) is 0 Å². The molecule has 0 fully saturated rings. The Morgan fingerprint density at radius 2 is 1.73 bits per heavy atom. The summed E-state index contributed by atoms with van der Waals surface area (Å²) in [7, 11) is 4.77. The maximum atomic E-state index is 13.5. The van der Waals surface area contributed by atoms with Gasteiger partial charge in [0.1, 0.15) is 23.1 Å². The van der Waals surface area contributed by atoms with Crippen LogP contribution < -0.4 is 24.4 Å². The van der Waals surface area contributed by atoms with Crippen molar-refractivity contribution in [3.05, 3.63) is 54.1 Å². The molecule has 1 aliphatic rings. The zero-order chi connectivity index (χ0) is 23.2. The van der Waals surface area contributed by atoms with Gasteiger partial charge in [-0.1, -0.05) is 6.42 Å². The SMILES string of the molecule is COc1ccc(NC(=O)N(Cc2nnc3n2CCCCC3)c2ccc(OC)cc2OC)cc1. The molecular weight excluding hydrogens is 422 g/mol. The smallest absolute Gasteiger partial charge is 0.326 e. The molecule has 2 heterocycles. The highest BCUT2D eigenvalue weighted by atomic mass is 16.5. The maximum absolute atomic E-state index is 13.5. The van der Waals surface area contributed by atoms with E-state index in [0.717, 1.165) is 43.9 Å². The number of hydrogen-bond donors (Lipinski definition) is 1. The number of aryl methyl sites for hydroxylation is 1. The van der Waals surface area contributed by atoms with Gasteiger partial charge in [-0.3, -0.25) is 4.90 Å². The van der Waals surface area contributed by atoms with Crippen molar-refractivity contribution in [2.45, 2.75) is 38.8 Å². The molecule has 1 N–H and O–H groups in total. The van der Waals surface area contributed by atoms with E-state index in [1.807, 2.05) is 6.07 Å². The molecule has 4 rings (SSSR count). The summed E-state index contributed by atoms with van der Waals surface area (Å²) in [6.07, 6.45) is 4.24. The first-order valence-electron chi connectivity index (χ1n) is 11.0. The van der Waals surface area contributed by atoms with Crippen molar-refractivity contribution < 1.29 is 19.0 Å². The van der Waals surface area contributed by atoms with E-state index in [1.54, 1.807) is 62.6 Å². The van der Waals surface area contributed by atoms with Gasteiger partial charge in [-0.25, -0.2) is 4.79 Å². The van der Waals surface area contributed by atoms with Crippen molar-refractivity contribution in [3.8, 4) is 17.2 Å². The van der Waals surface area contributed by atoms with Gasteiger partial charge in [0, 0.05) is 24.7 Å². The summed E-state index contributed by atoms with van der Waals surface area (Å²) in [5.41, 5.74) is 1.26. The van der Waals surface area contributed by atoms with Gasteiger partial charge < -0.3 is 24.1 Å². The zero-order valence-electron chi connectivity index (χ0n) is 19.2. The molecule has 1 aliphatic heterocycles. The summed E-state index contributed by atoms with van der Waals surface area (Å²) in [6.45, 7) is 1.10. The number of fused-ring (bicyclic) bond motifs is 1. The average Bonchev–Trinajstić information content (AvgIpc) is 3.07. The van der Waals surface area contributed by atoms with Crippen LogP contribution in [0.25, 0.3) is 0 Å². The molecule has 0 unspecified atom stereocenters. The van der Waals surface area contributed by atoms with E-state index in [0.29, 0.717) is 28.6 Å². The predicted octanol–water partition coefficient (Wildman–Crippen LogP) is 4.27. The van der Waals surface area contributed by atoms with Crippen LogP contribution in [0, 0.1) is 0 Å². The van der Waals surface area contributed by atoms with Crippen molar-refractivity contribution in [1.82, 2.24) is 14.8 Å². The number of ether oxygens (including phenoxy) is 3. The Hall–Kier alpha value is -3.75. The number of carbonyl (C=O) groups excluding carboxylic acids is 1. The summed E-state index contributed by atoms with van der Waals surface area (Å²) in [6, 6.07) is 12.2. The Kier molecular flexibility index (Phi) is 6.97. The Morgan fingerprint density at radius 3 is 2.45 bits per heavy atom. The van der Waals surface area contributed by atoms with E-state index in [2.05, 4.69) is 20.1 Å². The van der Waals surface area contributed by atoms with Gasteiger partial charge >= 0.3 is 6.03 Å². The molecular formula is C24H29N5O4. The number of urea groups is 1. The minimum Gasteiger partial charge on any atom is -0.497 e. The molecule has 9 heteroatoms. The van der Waals surface area contributed by atoms with Crippen LogP contribution in [0.4, 0.5) is 16.2 Å². The number of nitrogens with one attached hydrogen (secondary N) is 1. The molecule has 0 atom stereocenters. The predicted molar refractivity (Wildman–Crippen MR) is 125 cm³/mol. The fraction of sp³-hybridized carbons (Fsp3) is 0.375. The average molecular weight is 452 g/mol. The molecule has 1 aromatic heterocycles. The Labute approximate surface area is 193 Å². The van der Waals surface area contributed by atoms with Crippen LogP contribution in [-0.2, 0) is 19.5 Å². The molecule has 0 spiro atoms. The van der Waals surface area contributed by atoms with Crippen molar-refractivity contribution >= 4 is 17.4 Å². The Morgan fingerprint density at radius 1 is 0.970 bits per heavy atom. The molecule has 0 bridgehead atoms. The molecule has 2 aromatic carbocycles. The topological polar surface area (TPSA) is 90.7 Å². The third kappa shape index (κ3) is 5.02. The molecule has 0 saturated carbocycles. The van der Waals surface area contributed by atoms with Gasteiger partial charge in [-0.15, -0.1) is 10.2 Å². The largest absolute Gasteiger partial charge is 0.497 e. The second-order valence-electron chi connectivity index (χ2n) is 7.78. The van der Waals surface area contributed by atoms with Crippen LogP contribution in [0.1, 0.15) is 30.9 Å². The number of benzene rings is 2. The van der Waals surface area contributed by atoms with Crippen LogP contribution in [0.2, 0.25) is 0 Å². The highest BCUT2D eigenvalue weighted by Crippen LogP contribution is 2.34. The number of amides is 2. The van der Waals surface area contributed by atoms with E-state index >= 15 is 0 Å². The van der Waals surface area contributed by atoms with Gasteiger partial charge in [0.05, 0.1) is 33.6 Å². The van der Waals surface area contributed by atoms with Gasteiger partial charge in [-0.2, -0.15) is 0 Å². The molecule has 0 saturated heterocycles. The number of rotatable bonds is 7. The molecule has 0 radical (unpaired) electrons. The van der Waals surface area contributed by atoms with Crippen LogP contribution in [0.15, 0.2) is 42.5 Å². The minimum absolute atomic E-state index is 0.248. The fourth-order valence-corrected chi connectivity index (χ4v) is 3.94. The lowest BCUT2D eigenvalue weighted by atomic mass is 10.2. The monoisotopic (exact) mass is 451 g/mol. The lowest BCUT2D eigenvalue weighted by Crippen LogP contribution is -2.35. The number of carbonyl (C=O) groups is 1. The molecule has 3 aromatic rings. The lowest BCUT2D eigenvalue weighted by Gasteiger charge is -2.25. The van der Waals surface area contributed by atoms with Crippen LogP contribution in [-0.4, -0.2) is 42.1 Å². The zero-order valence-corrected chi connectivity index (χ0v) is 19.2. The number of hydrogen-bond acceptors (Lipinski definition) is 6. The quantitative estimate of drug-likeness (QED) is 0.577. The van der Waals surface area contributed by atoms with E-state index in [4.69, 9.17) is 14.2 Å². The summed E-state index contributed by atoms with van der Waals surface area (Å²) in [5.74, 6) is 3.60. The van der Waals surface area contributed by atoms with Gasteiger partial charge in [0.2, 0.25) is 0 Å². The molecule has 0 aliphatic carbocycles. The molecule has 9 nitrogen and oxygen atoms in total. The first-order chi connectivity index (χ1) is 16.1. The van der Waals surface area contributed by atoms with Crippen molar-refractivity contribution in [1.29, 1.82) is 0 Å². The van der Waals surface area contributed by atoms with Gasteiger partial charge in [0.25, 0.3) is 0 Å². The van der Waals surface area contributed by atoms with Gasteiger partial charge in [0.15, 0.2) is 5.82 Å². The number of anilines is 2. The fourth-order valence-electron chi connectivity index (χ4n) is 3.94. The first kappa shape index (κ1) is 22.4. The summed E-state index contributed by atoms with van der Waals surface area (Å²) >= 11 is 0. The number of aromatic nitrogens is 3. The van der Waals surface area contributed by atoms with E-state index in [1.165, 1.54) is 0 Å². The van der Waals surface area contributed by atoms with Crippen molar-refractivity contribution in [2.75, 3.05) is 31.5 Å². The number of methoxy groups -OCH3 is 3. The van der Waals surface area contributed by atoms with Gasteiger partial charge in [-0.05, 0) is 49.2 Å². The molecule has 174 valence electrons. The second-order valence-corrected chi connectivity index (χ2v) is 7.78. The normalized spacial score (nSPS) is 12.9. The molecule has 2 amide bonds. The Balaban J connectivity index is 1.67. The first-order valence-corrected chi connectivity index (χ1v) is 11.0. The lowest BCUT2D eigenvalue weighted by molar-refractivity contribution is 0.256.